The van der Waals surface area contributed by atoms with Crippen LogP contribution in [0.15, 0.2) is 47.8 Å². The lowest BCUT2D eigenvalue weighted by Gasteiger charge is -2.22. The molecule has 3 nitrogen and oxygen atoms in total. The molecule has 0 radical (unpaired) electrons. The highest BCUT2D eigenvalue weighted by atomic mass is 32.1. The van der Waals surface area contributed by atoms with Crippen molar-refractivity contribution in [3.05, 3.63) is 58.3 Å². The quantitative estimate of drug-likeness (QED) is 0.812. The number of rotatable bonds is 6. The van der Waals surface area contributed by atoms with Crippen molar-refractivity contribution in [3.8, 4) is 0 Å². The van der Waals surface area contributed by atoms with Gasteiger partial charge in [0.15, 0.2) is 0 Å². The van der Waals surface area contributed by atoms with Crippen LogP contribution in [0.5, 0.6) is 0 Å². The van der Waals surface area contributed by atoms with Crippen LogP contribution in [-0.2, 0) is 17.8 Å². The second-order valence-electron chi connectivity index (χ2n) is 6.41. The van der Waals surface area contributed by atoms with Crippen molar-refractivity contribution in [2.24, 2.45) is 5.92 Å². The van der Waals surface area contributed by atoms with Gasteiger partial charge in [0.2, 0.25) is 5.91 Å². The molecule has 1 saturated heterocycles. The molecule has 3 rings (SSSR count). The third-order valence-electron chi connectivity index (χ3n) is 4.48. The summed E-state index contributed by atoms with van der Waals surface area (Å²) in [5.74, 6) is 0.824. The summed E-state index contributed by atoms with van der Waals surface area (Å²) in [6.45, 7) is 4.11. The molecule has 1 aromatic heterocycles. The molecule has 122 valence electrons. The highest BCUT2D eigenvalue weighted by Gasteiger charge is 2.24. The standard InChI is InChI=1S/C19H24N2OS/c1-20(19(22)12-18-8-5-11-23-18)13-17-9-10-21(15-17)14-16-6-3-2-4-7-16/h2-8,11,17H,9-10,12-15H2,1H3. The van der Waals surface area contributed by atoms with E-state index in [0.29, 0.717) is 12.3 Å². The van der Waals surface area contributed by atoms with Gasteiger partial charge in [-0.15, -0.1) is 11.3 Å². The van der Waals surface area contributed by atoms with Crippen LogP contribution in [0.2, 0.25) is 0 Å². The zero-order valence-corrected chi connectivity index (χ0v) is 14.5. The van der Waals surface area contributed by atoms with Crippen LogP contribution in [0.25, 0.3) is 0 Å². The third kappa shape index (κ3) is 4.66. The van der Waals surface area contributed by atoms with Crippen LogP contribution >= 0.6 is 11.3 Å². The zero-order chi connectivity index (χ0) is 16.1. The molecule has 0 bridgehead atoms. The van der Waals surface area contributed by atoms with Gasteiger partial charge in [0.05, 0.1) is 6.42 Å². The molecule has 1 atom stereocenters. The topological polar surface area (TPSA) is 23.6 Å². The van der Waals surface area contributed by atoms with Gasteiger partial charge in [-0.1, -0.05) is 36.4 Å². The van der Waals surface area contributed by atoms with Crippen LogP contribution in [0.1, 0.15) is 16.9 Å². The van der Waals surface area contributed by atoms with Gasteiger partial charge in [0.25, 0.3) is 0 Å². The number of hydrogen-bond donors (Lipinski definition) is 0. The molecule has 2 heterocycles. The van der Waals surface area contributed by atoms with E-state index in [0.717, 1.165) is 31.1 Å². The molecule has 1 unspecified atom stereocenters. The van der Waals surface area contributed by atoms with Gasteiger partial charge in [-0.3, -0.25) is 9.69 Å². The Bertz CT molecular complexity index is 612. The van der Waals surface area contributed by atoms with Crippen LogP contribution in [-0.4, -0.2) is 42.4 Å². The van der Waals surface area contributed by atoms with Crippen LogP contribution < -0.4 is 0 Å². The Morgan fingerprint density at radius 2 is 2.09 bits per heavy atom. The first kappa shape index (κ1) is 16.2. The number of likely N-dealkylation sites (N-methyl/N-ethyl adjacent to an activating group) is 1. The van der Waals surface area contributed by atoms with E-state index in [1.807, 2.05) is 29.5 Å². The lowest BCUT2D eigenvalue weighted by Crippen LogP contribution is -2.34. The third-order valence-corrected chi connectivity index (χ3v) is 5.36. The molecule has 0 saturated carbocycles. The predicted molar refractivity (Wildman–Crippen MR) is 95.5 cm³/mol. The number of benzene rings is 1. The van der Waals surface area contributed by atoms with Gasteiger partial charge in [0.1, 0.15) is 0 Å². The van der Waals surface area contributed by atoms with Crippen molar-refractivity contribution in [2.45, 2.75) is 19.4 Å². The Kier molecular flexibility index (Phi) is 5.47. The fraction of sp³-hybridized carbons (Fsp3) is 0.421. The number of carbonyl (C=O) groups is 1. The van der Waals surface area contributed by atoms with Gasteiger partial charge in [-0.05, 0) is 35.9 Å². The van der Waals surface area contributed by atoms with E-state index in [4.69, 9.17) is 0 Å². The maximum absolute atomic E-state index is 12.3. The summed E-state index contributed by atoms with van der Waals surface area (Å²) in [6, 6.07) is 14.7. The van der Waals surface area contributed by atoms with Crippen molar-refractivity contribution >= 4 is 17.2 Å². The summed E-state index contributed by atoms with van der Waals surface area (Å²) in [5, 5.41) is 2.03. The van der Waals surface area contributed by atoms with Crippen molar-refractivity contribution < 1.29 is 4.79 Å². The lowest BCUT2D eigenvalue weighted by atomic mass is 10.1. The number of thiophene rings is 1. The molecule has 1 aromatic carbocycles. The van der Waals surface area contributed by atoms with Gasteiger partial charge < -0.3 is 4.90 Å². The fourth-order valence-corrected chi connectivity index (χ4v) is 3.93. The Morgan fingerprint density at radius 1 is 1.26 bits per heavy atom. The van der Waals surface area contributed by atoms with E-state index in [1.165, 1.54) is 12.0 Å². The van der Waals surface area contributed by atoms with E-state index in [2.05, 4.69) is 35.2 Å². The maximum atomic E-state index is 12.3. The Labute approximate surface area is 142 Å². The highest BCUT2D eigenvalue weighted by molar-refractivity contribution is 7.10. The minimum absolute atomic E-state index is 0.231. The van der Waals surface area contributed by atoms with Crippen LogP contribution in [0.4, 0.5) is 0 Å². The molecule has 1 aliphatic rings. The first-order valence-electron chi connectivity index (χ1n) is 8.23. The summed E-state index contributed by atoms with van der Waals surface area (Å²) >= 11 is 1.66. The number of amides is 1. The van der Waals surface area contributed by atoms with Gasteiger partial charge in [0, 0.05) is 31.6 Å². The second kappa shape index (κ2) is 7.75. The average Bonchev–Trinajstić information content (AvgIpc) is 3.20. The average molecular weight is 328 g/mol. The SMILES string of the molecule is CN(CC1CCN(Cc2ccccc2)C1)C(=O)Cc1cccs1. The Balaban J connectivity index is 1.45. The van der Waals surface area contributed by atoms with E-state index >= 15 is 0 Å². The number of likely N-dealkylation sites (tertiary alicyclic amines) is 1. The Hall–Kier alpha value is -1.65. The Morgan fingerprint density at radius 3 is 2.83 bits per heavy atom. The summed E-state index contributed by atoms with van der Waals surface area (Å²) in [6.07, 6.45) is 1.72. The number of carbonyl (C=O) groups excluding carboxylic acids is 1. The molecule has 0 aliphatic carbocycles. The summed E-state index contributed by atoms with van der Waals surface area (Å²) in [7, 11) is 1.94. The molecular weight excluding hydrogens is 304 g/mol. The van der Waals surface area contributed by atoms with E-state index in [-0.39, 0.29) is 5.91 Å². The molecule has 1 aliphatic heterocycles. The monoisotopic (exact) mass is 328 g/mol. The van der Waals surface area contributed by atoms with E-state index < -0.39 is 0 Å². The molecule has 0 spiro atoms. The van der Waals surface area contributed by atoms with Crippen molar-refractivity contribution in [3.63, 3.8) is 0 Å². The smallest absolute Gasteiger partial charge is 0.227 e. The second-order valence-corrected chi connectivity index (χ2v) is 7.44. The minimum atomic E-state index is 0.231. The van der Waals surface area contributed by atoms with Crippen LogP contribution in [0.3, 0.4) is 0 Å². The molecule has 2 aromatic rings. The molecule has 1 amide bonds. The molecule has 0 N–H and O–H groups in total. The van der Waals surface area contributed by atoms with Gasteiger partial charge in [-0.2, -0.15) is 0 Å². The summed E-state index contributed by atoms with van der Waals surface area (Å²) in [5.41, 5.74) is 1.37. The maximum Gasteiger partial charge on any atom is 0.227 e. The lowest BCUT2D eigenvalue weighted by molar-refractivity contribution is -0.129. The first-order chi connectivity index (χ1) is 11.2. The molecule has 23 heavy (non-hydrogen) atoms. The van der Waals surface area contributed by atoms with Crippen molar-refractivity contribution in [1.29, 1.82) is 0 Å². The number of nitrogens with zero attached hydrogens (tertiary/aromatic N) is 2. The van der Waals surface area contributed by atoms with Crippen LogP contribution in [0, 0.1) is 5.92 Å². The van der Waals surface area contributed by atoms with Gasteiger partial charge >= 0.3 is 0 Å². The minimum Gasteiger partial charge on any atom is -0.345 e. The molecular formula is C19H24N2OS. The zero-order valence-electron chi connectivity index (χ0n) is 13.6. The highest BCUT2D eigenvalue weighted by Crippen LogP contribution is 2.20. The fourth-order valence-electron chi connectivity index (χ4n) is 3.23. The van der Waals surface area contributed by atoms with Gasteiger partial charge in [-0.25, -0.2) is 0 Å². The largest absolute Gasteiger partial charge is 0.345 e. The van der Waals surface area contributed by atoms with Crippen molar-refractivity contribution in [2.75, 3.05) is 26.7 Å². The normalized spacial score (nSPS) is 18.2. The van der Waals surface area contributed by atoms with Crippen molar-refractivity contribution in [1.82, 2.24) is 9.80 Å². The number of hydrogen-bond acceptors (Lipinski definition) is 3. The van der Waals surface area contributed by atoms with E-state index in [9.17, 15) is 4.79 Å². The summed E-state index contributed by atoms with van der Waals surface area (Å²) in [4.78, 5) is 17.9. The molecule has 1 fully saturated rings. The summed E-state index contributed by atoms with van der Waals surface area (Å²) < 4.78 is 0. The predicted octanol–water partition coefficient (Wildman–Crippen LogP) is 3.27. The first-order valence-corrected chi connectivity index (χ1v) is 9.11. The van der Waals surface area contributed by atoms with E-state index in [1.54, 1.807) is 11.3 Å². The molecule has 4 heteroatoms.